The first-order chi connectivity index (χ1) is 9.33. The lowest BCUT2D eigenvalue weighted by molar-refractivity contribution is -0.152. The molecular weight excluding hydrogens is 242 g/mol. The Hall–Kier alpha value is -0.160. The number of hydrogen-bond donors (Lipinski definition) is 1. The van der Waals surface area contributed by atoms with Crippen LogP contribution in [0.3, 0.4) is 0 Å². The van der Waals surface area contributed by atoms with Crippen molar-refractivity contribution in [3.05, 3.63) is 0 Å². The number of hydrogen-bond acceptors (Lipinski definition) is 4. The van der Waals surface area contributed by atoms with Gasteiger partial charge in [-0.1, -0.05) is 33.1 Å². The van der Waals surface area contributed by atoms with Crippen LogP contribution in [0.1, 0.15) is 46.0 Å². The summed E-state index contributed by atoms with van der Waals surface area (Å²) in [6.45, 7) is 7.52. The van der Waals surface area contributed by atoms with Crippen molar-refractivity contribution in [3.8, 4) is 0 Å². The zero-order valence-corrected chi connectivity index (χ0v) is 12.8. The van der Waals surface area contributed by atoms with Crippen LogP contribution in [0.4, 0.5) is 0 Å². The van der Waals surface area contributed by atoms with E-state index in [1.165, 1.54) is 25.7 Å². The fraction of sp³-hybridized carbons (Fsp3) is 1.00. The van der Waals surface area contributed by atoms with Gasteiger partial charge in [0.25, 0.3) is 0 Å². The van der Waals surface area contributed by atoms with Gasteiger partial charge in [-0.2, -0.15) is 0 Å². The molecule has 3 atom stereocenters. The van der Waals surface area contributed by atoms with E-state index in [9.17, 15) is 0 Å². The Morgan fingerprint density at radius 3 is 2.53 bits per heavy atom. The average molecular weight is 273 g/mol. The molecule has 1 aliphatic carbocycles. The zero-order chi connectivity index (χ0) is 13.9. The van der Waals surface area contributed by atoms with Crippen molar-refractivity contribution in [1.82, 2.24) is 5.32 Å². The highest BCUT2D eigenvalue weighted by Crippen LogP contribution is 2.27. The van der Waals surface area contributed by atoms with Gasteiger partial charge in [0, 0.05) is 19.8 Å². The van der Waals surface area contributed by atoms with E-state index in [0.29, 0.717) is 19.3 Å². The summed E-state index contributed by atoms with van der Waals surface area (Å²) in [5.74, 6) is 0. The first-order valence-electron chi connectivity index (χ1n) is 7.79. The molecule has 0 spiro atoms. The van der Waals surface area contributed by atoms with Crippen LogP contribution in [0.5, 0.6) is 0 Å². The number of nitrogens with one attached hydrogen (secondary N) is 1. The Balaban J connectivity index is 2.16. The van der Waals surface area contributed by atoms with Crippen molar-refractivity contribution >= 4 is 0 Å². The smallest absolute Gasteiger partial charge is 0.0991 e. The van der Waals surface area contributed by atoms with Crippen molar-refractivity contribution in [2.24, 2.45) is 0 Å². The summed E-state index contributed by atoms with van der Waals surface area (Å²) in [6, 6.07) is 0.447. The molecule has 0 aliphatic heterocycles. The lowest BCUT2D eigenvalue weighted by atomic mass is 9.85. The fourth-order valence-corrected chi connectivity index (χ4v) is 2.46. The van der Waals surface area contributed by atoms with Crippen molar-refractivity contribution < 1.29 is 14.2 Å². The highest BCUT2D eigenvalue weighted by atomic mass is 16.6. The molecule has 4 nitrogen and oxygen atoms in total. The van der Waals surface area contributed by atoms with Gasteiger partial charge in [0.15, 0.2) is 0 Å². The molecule has 1 aliphatic rings. The van der Waals surface area contributed by atoms with E-state index in [1.54, 1.807) is 7.11 Å². The van der Waals surface area contributed by atoms with E-state index in [1.807, 2.05) is 0 Å². The second kappa shape index (κ2) is 10.6. The molecule has 0 aromatic heterocycles. The lowest BCUT2D eigenvalue weighted by Gasteiger charge is -2.44. The molecule has 1 rings (SSSR count). The second-order valence-electron chi connectivity index (χ2n) is 5.20. The summed E-state index contributed by atoms with van der Waals surface area (Å²) >= 11 is 0. The van der Waals surface area contributed by atoms with Crippen molar-refractivity contribution in [2.75, 3.05) is 33.5 Å². The summed E-state index contributed by atoms with van der Waals surface area (Å²) in [5.41, 5.74) is 0. The molecule has 0 amide bonds. The van der Waals surface area contributed by atoms with Gasteiger partial charge in [0.1, 0.15) is 0 Å². The highest BCUT2D eigenvalue weighted by Gasteiger charge is 2.42. The minimum Gasteiger partial charge on any atom is -0.382 e. The normalized spacial score (nSPS) is 26.4. The van der Waals surface area contributed by atoms with Gasteiger partial charge in [-0.05, 0) is 19.4 Å². The Kier molecular flexibility index (Phi) is 9.43. The van der Waals surface area contributed by atoms with Crippen molar-refractivity contribution in [3.63, 3.8) is 0 Å². The summed E-state index contributed by atoms with van der Waals surface area (Å²) in [4.78, 5) is 0. The predicted molar refractivity (Wildman–Crippen MR) is 77.6 cm³/mol. The molecule has 1 saturated carbocycles. The number of methoxy groups -OCH3 is 1. The molecule has 0 saturated heterocycles. The summed E-state index contributed by atoms with van der Waals surface area (Å²) < 4.78 is 16.8. The van der Waals surface area contributed by atoms with E-state index in [2.05, 4.69) is 19.2 Å². The molecule has 0 aromatic rings. The van der Waals surface area contributed by atoms with Gasteiger partial charge in [0.05, 0.1) is 25.4 Å². The zero-order valence-electron chi connectivity index (χ0n) is 12.8. The molecule has 0 aromatic carbocycles. The predicted octanol–water partition coefficient (Wildman–Crippen LogP) is 2.37. The van der Waals surface area contributed by atoms with E-state index < -0.39 is 0 Å². The molecule has 1 N–H and O–H groups in total. The maximum atomic E-state index is 5.94. The first kappa shape index (κ1) is 16.9. The number of unbranched alkanes of at least 4 members (excludes halogenated alkanes) is 3. The van der Waals surface area contributed by atoms with Gasteiger partial charge in [-0.25, -0.2) is 0 Å². The van der Waals surface area contributed by atoms with E-state index >= 15 is 0 Å². The van der Waals surface area contributed by atoms with E-state index in [-0.39, 0.29) is 12.2 Å². The molecule has 19 heavy (non-hydrogen) atoms. The molecular formula is C15H31NO3. The van der Waals surface area contributed by atoms with Crippen LogP contribution >= 0.6 is 0 Å². The number of rotatable bonds is 12. The van der Waals surface area contributed by atoms with Gasteiger partial charge < -0.3 is 19.5 Å². The lowest BCUT2D eigenvalue weighted by Crippen LogP contribution is -2.60. The third kappa shape index (κ3) is 6.21. The maximum absolute atomic E-state index is 5.94. The first-order valence-corrected chi connectivity index (χ1v) is 7.79. The van der Waals surface area contributed by atoms with Gasteiger partial charge in [-0.3, -0.25) is 0 Å². The van der Waals surface area contributed by atoms with Crippen LogP contribution in [0, 0.1) is 0 Å². The number of likely N-dealkylation sites (N-methyl/N-ethyl adjacent to an activating group) is 1. The maximum Gasteiger partial charge on any atom is 0.0991 e. The minimum absolute atomic E-state index is 0.196. The molecule has 3 unspecified atom stereocenters. The molecule has 1 fully saturated rings. The van der Waals surface area contributed by atoms with E-state index in [0.717, 1.165) is 19.6 Å². The van der Waals surface area contributed by atoms with Gasteiger partial charge in [0.2, 0.25) is 0 Å². The molecule has 4 heteroatoms. The summed E-state index contributed by atoms with van der Waals surface area (Å²) in [6.07, 6.45) is 6.55. The third-order valence-electron chi connectivity index (χ3n) is 3.64. The van der Waals surface area contributed by atoms with E-state index in [4.69, 9.17) is 14.2 Å². The Bertz CT molecular complexity index is 214. The quantitative estimate of drug-likeness (QED) is 0.554. The largest absolute Gasteiger partial charge is 0.382 e. The van der Waals surface area contributed by atoms with Crippen LogP contribution in [0.15, 0.2) is 0 Å². The number of ether oxygens (including phenoxy) is 3. The molecule has 0 heterocycles. The van der Waals surface area contributed by atoms with Crippen molar-refractivity contribution in [2.45, 2.75) is 64.2 Å². The Morgan fingerprint density at radius 2 is 1.84 bits per heavy atom. The van der Waals surface area contributed by atoms with Crippen LogP contribution in [-0.4, -0.2) is 51.7 Å². The monoisotopic (exact) mass is 273 g/mol. The minimum atomic E-state index is 0.196. The van der Waals surface area contributed by atoms with Gasteiger partial charge >= 0.3 is 0 Å². The summed E-state index contributed by atoms with van der Waals surface area (Å²) in [7, 11) is 1.70. The second-order valence-corrected chi connectivity index (χ2v) is 5.20. The Morgan fingerprint density at radius 1 is 1.00 bits per heavy atom. The molecule has 0 bridgehead atoms. The third-order valence-corrected chi connectivity index (χ3v) is 3.64. The molecule has 114 valence electrons. The van der Waals surface area contributed by atoms with Gasteiger partial charge in [-0.15, -0.1) is 0 Å². The fourth-order valence-electron chi connectivity index (χ4n) is 2.46. The summed E-state index contributed by atoms with van der Waals surface area (Å²) in [5, 5.41) is 3.45. The van der Waals surface area contributed by atoms with Crippen LogP contribution < -0.4 is 5.32 Å². The van der Waals surface area contributed by atoms with Crippen LogP contribution in [0.2, 0.25) is 0 Å². The Labute approximate surface area is 118 Å². The standard InChI is InChI=1S/C15H31NO3/c1-4-6-7-8-9-18-14-12-13(16-5-2)15(14)19-11-10-17-3/h13-16H,4-12H2,1-3H3. The van der Waals surface area contributed by atoms with Crippen LogP contribution in [-0.2, 0) is 14.2 Å². The average Bonchev–Trinajstić information content (AvgIpc) is 2.41. The topological polar surface area (TPSA) is 39.7 Å². The molecule has 0 radical (unpaired) electrons. The highest BCUT2D eigenvalue weighted by molar-refractivity contribution is 4.97. The van der Waals surface area contributed by atoms with Crippen LogP contribution in [0.25, 0.3) is 0 Å². The van der Waals surface area contributed by atoms with Crippen molar-refractivity contribution in [1.29, 1.82) is 0 Å². The SMILES string of the molecule is CCCCCCOC1CC(NCC)C1OCCOC.